The van der Waals surface area contributed by atoms with Gasteiger partial charge in [-0.25, -0.2) is 4.99 Å². The molecule has 0 bridgehead atoms. The van der Waals surface area contributed by atoms with Crippen LogP contribution in [0.2, 0.25) is 0 Å². The standard InChI is InChI=1S/C22H27N7/c1-2-25-21-19(6-9-26-21)20(24)29-10-7-22(15-23,8-11-29)18-5-3-4-16(12-18)17-13-27-28-14-17/h2-6,9,12-14H,1,7-8,10-11,15,23-24H2,(H,25,26)(H,27,28)/b20-19+. The largest absolute Gasteiger partial charge is 0.385 e. The van der Waals surface area contributed by atoms with Gasteiger partial charge in [0.05, 0.1) is 11.8 Å². The molecule has 3 heterocycles. The Morgan fingerprint density at radius 3 is 2.83 bits per heavy atom. The third-order valence-electron chi connectivity index (χ3n) is 5.98. The molecule has 1 saturated heterocycles. The number of nitrogens with one attached hydrogen (secondary N) is 2. The van der Waals surface area contributed by atoms with Crippen LogP contribution in [0, 0.1) is 0 Å². The van der Waals surface area contributed by atoms with Crippen molar-refractivity contribution in [2.24, 2.45) is 16.5 Å². The molecule has 0 saturated carbocycles. The predicted molar refractivity (Wildman–Crippen MR) is 117 cm³/mol. The molecule has 6 N–H and O–H groups in total. The number of hydrogen-bond acceptors (Lipinski definition) is 5. The maximum atomic E-state index is 6.49. The number of rotatable bonds is 5. The third kappa shape index (κ3) is 3.56. The van der Waals surface area contributed by atoms with E-state index in [1.54, 1.807) is 0 Å². The zero-order chi connectivity index (χ0) is 20.3. The average Bonchev–Trinajstić information content (AvgIpc) is 3.46. The van der Waals surface area contributed by atoms with Crippen molar-refractivity contribution in [2.45, 2.75) is 18.3 Å². The summed E-state index contributed by atoms with van der Waals surface area (Å²) in [7, 11) is 0. The van der Waals surface area contributed by atoms with Gasteiger partial charge in [-0.2, -0.15) is 5.10 Å². The molecule has 0 spiro atoms. The Balaban J connectivity index is 1.56. The second-order valence-electron chi connectivity index (χ2n) is 7.48. The zero-order valence-corrected chi connectivity index (χ0v) is 16.4. The fourth-order valence-electron chi connectivity index (χ4n) is 4.16. The van der Waals surface area contributed by atoms with Crippen LogP contribution in [0.5, 0.6) is 0 Å². The number of likely N-dealkylation sites (tertiary alicyclic amines) is 1. The highest BCUT2D eigenvalue weighted by Gasteiger charge is 2.36. The Hall–Kier alpha value is -3.32. The highest BCUT2D eigenvalue weighted by atomic mass is 15.2. The van der Waals surface area contributed by atoms with Gasteiger partial charge in [0, 0.05) is 49.2 Å². The Labute approximate surface area is 170 Å². The van der Waals surface area contributed by atoms with Crippen LogP contribution in [0.25, 0.3) is 11.1 Å². The fourth-order valence-corrected chi connectivity index (χ4v) is 4.16. The number of hydrogen-bond donors (Lipinski definition) is 4. The van der Waals surface area contributed by atoms with E-state index in [-0.39, 0.29) is 5.41 Å². The molecule has 2 aromatic rings. The van der Waals surface area contributed by atoms with Crippen molar-refractivity contribution in [3.8, 4) is 11.1 Å². The summed E-state index contributed by atoms with van der Waals surface area (Å²) in [6, 6.07) is 8.64. The maximum absolute atomic E-state index is 6.49. The van der Waals surface area contributed by atoms with E-state index in [0.717, 1.165) is 54.3 Å². The van der Waals surface area contributed by atoms with Crippen LogP contribution >= 0.6 is 0 Å². The van der Waals surface area contributed by atoms with E-state index >= 15 is 0 Å². The van der Waals surface area contributed by atoms with Crippen molar-refractivity contribution >= 4 is 5.84 Å². The second kappa shape index (κ2) is 7.97. The molecule has 1 aromatic heterocycles. The van der Waals surface area contributed by atoms with Gasteiger partial charge in [0.1, 0.15) is 11.7 Å². The number of piperidine rings is 1. The van der Waals surface area contributed by atoms with Crippen LogP contribution in [0.15, 0.2) is 78.1 Å². The van der Waals surface area contributed by atoms with Gasteiger partial charge >= 0.3 is 0 Å². The van der Waals surface area contributed by atoms with Gasteiger partial charge in [0.15, 0.2) is 0 Å². The first-order chi connectivity index (χ1) is 14.2. The monoisotopic (exact) mass is 389 g/mol. The van der Waals surface area contributed by atoms with Gasteiger partial charge in [0.2, 0.25) is 0 Å². The van der Waals surface area contributed by atoms with Crippen LogP contribution in [0.3, 0.4) is 0 Å². The molecule has 2 aliphatic rings. The number of H-pyrrole nitrogens is 1. The molecule has 2 aliphatic heterocycles. The Kier molecular flexibility index (Phi) is 5.22. The molecule has 0 radical (unpaired) electrons. The molecule has 1 aromatic carbocycles. The highest BCUT2D eigenvalue weighted by Crippen LogP contribution is 2.37. The molecule has 0 aliphatic carbocycles. The normalized spacial score (nSPS) is 21.3. The van der Waals surface area contributed by atoms with E-state index in [2.05, 4.69) is 56.3 Å². The fraction of sp³-hybridized carbons (Fsp3) is 0.273. The van der Waals surface area contributed by atoms with Crippen LogP contribution in [-0.4, -0.2) is 40.6 Å². The second-order valence-corrected chi connectivity index (χ2v) is 7.48. The lowest BCUT2D eigenvalue weighted by Crippen LogP contribution is -2.47. The minimum Gasteiger partial charge on any atom is -0.385 e. The van der Waals surface area contributed by atoms with Crippen LogP contribution in [-0.2, 0) is 5.41 Å². The van der Waals surface area contributed by atoms with Crippen molar-refractivity contribution in [1.29, 1.82) is 0 Å². The van der Waals surface area contributed by atoms with Crippen molar-refractivity contribution in [2.75, 3.05) is 19.6 Å². The topological polar surface area (TPSA) is 108 Å². The predicted octanol–water partition coefficient (Wildman–Crippen LogP) is 2.20. The average molecular weight is 390 g/mol. The first-order valence-corrected chi connectivity index (χ1v) is 9.83. The van der Waals surface area contributed by atoms with Crippen molar-refractivity contribution in [3.05, 3.63) is 78.7 Å². The van der Waals surface area contributed by atoms with Gasteiger partial charge in [0.25, 0.3) is 0 Å². The van der Waals surface area contributed by atoms with Gasteiger partial charge in [-0.3, -0.25) is 5.10 Å². The number of nitrogens with zero attached hydrogens (tertiary/aromatic N) is 3. The third-order valence-corrected chi connectivity index (χ3v) is 5.98. The van der Waals surface area contributed by atoms with Crippen LogP contribution in [0.4, 0.5) is 0 Å². The quantitative estimate of drug-likeness (QED) is 0.627. The summed E-state index contributed by atoms with van der Waals surface area (Å²) in [5, 5.41) is 10.1. The maximum Gasteiger partial charge on any atom is 0.140 e. The van der Waals surface area contributed by atoms with Crippen molar-refractivity contribution in [3.63, 3.8) is 0 Å². The lowest BCUT2D eigenvalue weighted by Gasteiger charge is -2.43. The van der Waals surface area contributed by atoms with Gasteiger partial charge in [-0.15, -0.1) is 0 Å². The van der Waals surface area contributed by atoms with E-state index in [1.807, 2.05) is 24.7 Å². The lowest BCUT2D eigenvalue weighted by molar-refractivity contribution is 0.195. The summed E-state index contributed by atoms with van der Waals surface area (Å²) in [5.74, 6) is 1.48. The molecule has 1 fully saturated rings. The molecule has 29 heavy (non-hydrogen) atoms. The first-order valence-electron chi connectivity index (χ1n) is 9.83. The number of amidine groups is 1. The van der Waals surface area contributed by atoms with Gasteiger partial charge in [-0.05, 0) is 30.0 Å². The van der Waals surface area contributed by atoms with Gasteiger partial charge < -0.3 is 21.7 Å². The van der Waals surface area contributed by atoms with E-state index in [1.165, 1.54) is 11.8 Å². The van der Waals surface area contributed by atoms with Crippen LogP contribution < -0.4 is 16.8 Å². The molecule has 0 atom stereocenters. The van der Waals surface area contributed by atoms with Crippen molar-refractivity contribution in [1.82, 2.24) is 20.4 Å². The number of aromatic amines is 1. The summed E-state index contributed by atoms with van der Waals surface area (Å²) in [6.07, 6.45) is 11.0. The number of aromatic nitrogens is 2. The number of aliphatic imine (C=N–C) groups is 1. The van der Waals surface area contributed by atoms with Crippen LogP contribution in [0.1, 0.15) is 18.4 Å². The summed E-state index contributed by atoms with van der Waals surface area (Å²) in [6.45, 7) is 5.97. The molecule has 7 nitrogen and oxygen atoms in total. The first kappa shape index (κ1) is 19.0. The van der Waals surface area contributed by atoms with Gasteiger partial charge in [-0.1, -0.05) is 30.8 Å². The summed E-state index contributed by atoms with van der Waals surface area (Å²) in [4.78, 5) is 6.48. The van der Waals surface area contributed by atoms with E-state index in [4.69, 9.17) is 11.5 Å². The van der Waals surface area contributed by atoms with Crippen molar-refractivity contribution < 1.29 is 0 Å². The summed E-state index contributed by atoms with van der Waals surface area (Å²) >= 11 is 0. The molecule has 7 heteroatoms. The molecular weight excluding hydrogens is 362 g/mol. The highest BCUT2D eigenvalue weighted by molar-refractivity contribution is 6.04. The molecular formula is C22H27N7. The molecule has 4 rings (SSSR count). The zero-order valence-electron chi connectivity index (χ0n) is 16.4. The summed E-state index contributed by atoms with van der Waals surface area (Å²) < 4.78 is 0. The van der Waals surface area contributed by atoms with E-state index < -0.39 is 0 Å². The molecule has 150 valence electrons. The SMILES string of the molecule is C=C/N=C1/NC=C/C1=C(/N)N1CCC(CN)(c2cccc(-c3cn[nH]c3)c2)CC1. The number of nitrogens with two attached hydrogens (primary N) is 2. The Bertz CT molecular complexity index is 961. The Morgan fingerprint density at radius 1 is 1.31 bits per heavy atom. The van der Waals surface area contributed by atoms with E-state index in [9.17, 15) is 0 Å². The smallest absolute Gasteiger partial charge is 0.140 e. The molecule has 0 amide bonds. The minimum absolute atomic E-state index is 0.0526. The summed E-state index contributed by atoms with van der Waals surface area (Å²) in [5.41, 5.74) is 17.2. The lowest BCUT2D eigenvalue weighted by atomic mass is 9.72. The Morgan fingerprint density at radius 2 is 2.14 bits per heavy atom. The van der Waals surface area contributed by atoms with E-state index in [0.29, 0.717) is 6.54 Å². The number of benzene rings is 1. The molecule has 0 unspecified atom stereocenters. The minimum atomic E-state index is -0.0526.